The van der Waals surface area contributed by atoms with E-state index in [9.17, 15) is 13.2 Å². The molecule has 2 rings (SSSR count). The maximum Gasteiger partial charge on any atom is 0.255 e. The van der Waals surface area contributed by atoms with Gasteiger partial charge < -0.3 is 4.90 Å². The Morgan fingerprint density at radius 3 is 2.80 bits per heavy atom. The fraction of sp³-hybridized carbons (Fsp3) is 0.615. The molecule has 20 heavy (non-hydrogen) atoms. The largest absolute Gasteiger partial charge is 0.338 e. The molecular weight excluding hydrogens is 296 g/mol. The van der Waals surface area contributed by atoms with Crippen molar-refractivity contribution in [3.8, 4) is 0 Å². The average Bonchev–Trinajstić information content (AvgIpc) is 2.95. The van der Waals surface area contributed by atoms with Gasteiger partial charge in [-0.3, -0.25) is 4.79 Å². The van der Waals surface area contributed by atoms with E-state index in [4.69, 9.17) is 5.14 Å². The molecule has 1 amide bonds. The van der Waals surface area contributed by atoms with Crippen LogP contribution in [0.2, 0.25) is 0 Å². The first kappa shape index (κ1) is 15.5. The molecule has 7 heteroatoms. The van der Waals surface area contributed by atoms with Gasteiger partial charge in [0.15, 0.2) is 0 Å². The zero-order chi connectivity index (χ0) is 14.9. The first-order valence-electron chi connectivity index (χ1n) is 6.74. The first-order valence-corrected chi connectivity index (χ1v) is 9.17. The Morgan fingerprint density at radius 2 is 2.25 bits per heavy atom. The third-order valence-electron chi connectivity index (χ3n) is 3.75. The molecule has 5 nitrogen and oxygen atoms in total. The summed E-state index contributed by atoms with van der Waals surface area (Å²) in [5.41, 5.74) is 0.942. The number of thiophene rings is 1. The van der Waals surface area contributed by atoms with Gasteiger partial charge in [-0.2, -0.15) is 0 Å². The van der Waals surface area contributed by atoms with Gasteiger partial charge in [-0.1, -0.05) is 13.3 Å². The van der Waals surface area contributed by atoms with E-state index >= 15 is 0 Å². The highest BCUT2D eigenvalue weighted by Gasteiger charge is 2.29. The molecule has 0 aliphatic carbocycles. The highest BCUT2D eigenvalue weighted by atomic mass is 32.2. The van der Waals surface area contributed by atoms with Crippen LogP contribution in [0.15, 0.2) is 9.59 Å². The number of nitrogens with two attached hydrogens (primary N) is 1. The van der Waals surface area contributed by atoms with E-state index in [1.807, 2.05) is 4.90 Å². The van der Waals surface area contributed by atoms with Gasteiger partial charge in [-0.25, -0.2) is 13.6 Å². The van der Waals surface area contributed by atoms with Crippen molar-refractivity contribution in [3.05, 3.63) is 16.5 Å². The molecule has 1 aliphatic heterocycles. The van der Waals surface area contributed by atoms with Crippen LogP contribution in [0.3, 0.4) is 0 Å². The lowest BCUT2D eigenvalue weighted by molar-refractivity contribution is 0.0786. The fourth-order valence-corrected chi connectivity index (χ4v) is 4.73. The van der Waals surface area contributed by atoms with Gasteiger partial charge in [0.1, 0.15) is 4.21 Å². The summed E-state index contributed by atoms with van der Waals surface area (Å²) in [6, 6.07) is 0. The van der Waals surface area contributed by atoms with Crippen LogP contribution in [0.1, 0.15) is 42.1 Å². The molecule has 1 saturated heterocycles. The summed E-state index contributed by atoms with van der Waals surface area (Å²) in [5, 5.41) is 6.75. The monoisotopic (exact) mass is 316 g/mol. The summed E-state index contributed by atoms with van der Waals surface area (Å²) < 4.78 is 22.9. The molecule has 0 radical (unpaired) electrons. The first-order chi connectivity index (χ1) is 9.34. The number of hydrogen-bond donors (Lipinski definition) is 1. The number of likely N-dealkylation sites (tertiary alicyclic amines) is 1. The van der Waals surface area contributed by atoms with Gasteiger partial charge in [0.25, 0.3) is 5.91 Å². The van der Waals surface area contributed by atoms with E-state index < -0.39 is 10.0 Å². The van der Waals surface area contributed by atoms with E-state index in [0.717, 1.165) is 43.7 Å². The lowest BCUT2D eigenvalue weighted by Gasteiger charge is -2.16. The minimum absolute atomic E-state index is 0.0766. The maximum atomic E-state index is 12.5. The van der Waals surface area contributed by atoms with E-state index in [2.05, 4.69) is 6.92 Å². The lowest BCUT2D eigenvalue weighted by Crippen LogP contribution is -2.29. The predicted octanol–water partition coefficient (Wildman–Crippen LogP) is 1.97. The minimum Gasteiger partial charge on any atom is -0.338 e. The number of rotatable bonds is 4. The number of amides is 1. The van der Waals surface area contributed by atoms with Crippen LogP contribution < -0.4 is 5.14 Å². The Hall–Kier alpha value is -0.920. The van der Waals surface area contributed by atoms with Gasteiger partial charge >= 0.3 is 0 Å². The summed E-state index contributed by atoms with van der Waals surface area (Å²) >= 11 is 1.02. The summed E-state index contributed by atoms with van der Waals surface area (Å²) in [6.07, 6.45) is 3.29. The third kappa shape index (κ3) is 3.05. The van der Waals surface area contributed by atoms with Gasteiger partial charge in [-0.15, -0.1) is 11.3 Å². The molecule has 0 bridgehead atoms. The molecule has 112 valence electrons. The molecule has 1 fully saturated rings. The molecule has 1 unspecified atom stereocenters. The highest BCUT2D eigenvalue weighted by molar-refractivity contribution is 7.91. The van der Waals surface area contributed by atoms with Crippen molar-refractivity contribution >= 4 is 27.3 Å². The van der Waals surface area contributed by atoms with Crippen molar-refractivity contribution in [2.75, 3.05) is 13.1 Å². The Bertz CT molecular complexity index is 607. The Kier molecular flexibility index (Phi) is 4.51. The Labute approximate surface area is 123 Å². The number of primary sulfonamides is 1. The Morgan fingerprint density at radius 1 is 1.55 bits per heavy atom. The van der Waals surface area contributed by atoms with E-state index in [1.54, 1.807) is 12.3 Å². The van der Waals surface area contributed by atoms with E-state index in [0.29, 0.717) is 17.0 Å². The number of sulfonamides is 1. The molecule has 1 aromatic rings. The van der Waals surface area contributed by atoms with E-state index in [-0.39, 0.29) is 10.1 Å². The van der Waals surface area contributed by atoms with Crippen molar-refractivity contribution in [2.45, 2.75) is 37.3 Å². The van der Waals surface area contributed by atoms with Crippen LogP contribution in [0.5, 0.6) is 0 Å². The zero-order valence-electron chi connectivity index (χ0n) is 11.8. The highest BCUT2D eigenvalue weighted by Crippen LogP contribution is 2.29. The maximum absolute atomic E-state index is 12.5. The summed E-state index contributed by atoms with van der Waals surface area (Å²) in [7, 11) is -3.74. The van der Waals surface area contributed by atoms with Gasteiger partial charge in [-0.05, 0) is 31.2 Å². The molecular formula is C13H20N2O3S2. The second-order valence-corrected chi connectivity index (χ2v) is 7.94. The van der Waals surface area contributed by atoms with Gasteiger partial charge in [0, 0.05) is 18.5 Å². The molecule has 2 N–H and O–H groups in total. The smallest absolute Gasteiger partial charge is 0.255 e. The van der Waals surface area contributed by atoms with Gasteiger partial charge in [0.2, 0.25) is 10.0 Å². The number of carbonyl (C=O) groups excluding carboxylic acids is 1. The second-order valence-electron chi connectivity index (χ2n) is 5.30. The van der Waals surface area contributed by atoms with Crippen molar-refractivity contribution in [2.24, 2.45) is 11.1 Å². The molecule has 1 aromatic heterocycles. The molecule has 1 aliphatic rings. The van der Waals surface area contributed by atoms with Crippen LogP contribution in [0, 0.1) is 12.8 Å². The second kappa shape index (κ2) is 5.83. The van der Waals surface area contributed by atoms with Crippen molar-refractivity contribution in [3.63, 3.8) is 0 Å². The van der Waals surface area contributed by atoms with Crippen LogP contribution >= 0.6 is 11.3 Å². The van der Waals surface area contributed by atoms with Crippen molar-refractivity contribution in [1.29, 1.82) is 0 Å². The summed E-state index contributed by atoms with van der Waals surface area (Å²) in [6.45, 7) is 5.31. The molecule has 0 spiro atoms. The standard InChI is InChI=1S/C13H20N2O3S2/c1-3-4-10-5-6-15(7-10)12(16)11-8-19-13(9(11)2)20(14,17)18/h8,10H,3-7H2,1-2H3,(H2,14,17,18). The number of hydrogen-bond acceptors (Lipinski definition) is 4. The van der Waals surface area contributed by atoms with Crippen LogP contribution in [-0.2, 0) is 10.0 Å². The molecule has 0 aromatic carbocycles. The van der Waals surface area contributed by atoms with Crippen LogP contribution in [-0.4, -0.2) is 32.3 Å². The van der Waals surface area contributed by atoms with E-state index in [1.165, 1.54) is 0 Å². The topological polar surface area (TPSA) is 80.5 Å². The molecule has 0 saturated carbocycles. The van der Waals surface area contributed by atoms with Crippen molar-refractivity contribution < 1.29 is 13.2 Å². The predicted molar refractivity (Wildman–Crippen MR) is 79.3 cm³/mol. The quantitative estimate of drug-likeness (QED) is 0.922. The average molecular weight is 316 g/mol. The minimum atomic E-state index is -3.74. The lowest BCUT2D eigenvalue weighted by atomic mass is 10.0. The number of nitrogens with zero attached hydrogens (tertiary/aromatic N) is 1. The normalized spacial score (nSPS) is 19.6. The Balaban J connectivity index is 2.17. The summed E-state index contributed by atoms with van der Waals surface area (Å²) in [5.74, 6) is 0.493. The molecule has 1 atom stereocenters. The SMILES string of the molecule is CCCC1CCN(C(=O)c2csc(S(N)(=O)=O)c2C)C1. The van der Waals surface area contributed by atoms with Gasteiger partial charge in [0.05, 0.1) is 5.56 Å². The van der Waals surface area contributed by atoms with Crippen molar-refractivity contribution in [1.82, 2.24) is 4.90 Å². The molecule has 2 heterocycles. The zero-order valence-corrected chi connectivity index (χ0v) is 13.4. The fourth-order valence-electron chi connectivity index (χ4n) is 2.72. The third-order valence-corrected chi connectivity index (χ3v) is 6.44. The summed E-state index contributed by atoms with van der Waals surface area (Å²) in [4.78, 5) is 14.3. The van der Waals surface area contributed by atoms with Crippen LogP contribution in [0.25, 0.3) is 0 Å². The van der Waals surface area contributed by atoms with Crippen LogP contribution in [0.4, 0.5) is 0 Å². The number of carbonyl (C=O) groups is 1.